The van der Waals surface area contributed by atoms with Crippen LogP contribution in [-0.4, -0.2) is 26.2 Å². The fraction of sp³-hybridized carbons (Fsp3) is 0.444. The van der Waals surface area contributed by atoms with Crippen LogP contribution in [-0.2, 0) is 6.54 Å². The SMILES string of the molecule is c1n[nH]c(-c2nc(CNC3CC3)cs2)n1. The first-order valence-corrected chi connectivity index (χ1v) is 5.83. The molecule has 2 heterocycles. The lowest BCUT2D eigenvalue weighted by atomic mass is 10.4. The lowest BCUT2D eigenvalue weighted by molar-refractivity contribution is 0.677. The first kappa shape index (κ1) is 8.99. The summed E-state index contributed by atoms with van der Waals surface area (Å²) in [7, 11) is 0. The molecule has 1 fully saturated rings. The van der Waals surface area contributed by atoms with E-state index in [-0.39, 0.29) is 0 Å². The Morgan fingerprint density at radius 2 is 2.47 bits per heavy atom. The van der Waals surface area contributed by atoms with E-state index in [1.54, 1.807) is 11.3 Å². The molecule has 2 aromatic heterocycles. The van der Waals surface area contributed by atoms with Crippen LogP contribution in [0.15, 0.2) is 11.7 Å². The quantitative estimate of drug-likeness (QED) is 0.813. The minimum Gasteiger partial charge on any atom is -0.308 e. The highest BCUT2D eigenvalue weighted by molar-refractivity contribution is 7.13. The van der Waals surface area contributed by atoms with Crippen LogP contribution in [0.1, 0.15) is 18.5 Å². The number of hydrogen-bond donors (Lipinski definition) is 2. The van der Waals surface area contributed by atoms with E-state index in [2.05, 4.69) is 30.9 Å². The summed E-state index contributed by atoms with van der Waals surface area (Å²) >= 11 is 1.59. The van der Waals surface area contributed by atoms with E-state index in [1.807, 2.05) is 0 Å². The molecule has 3 rings (SSSR count). The van der Waals surface area contributed by atoms with Crippen LogP contribution in [0.5, 0.6) is 0 Å². The molecule has 15 heavy (non-hydrogen) atoms. The molecular formula is C9H11N5S. The molecule has 1 aliphatic rings. The fourth-order valence-corrected chi connectivity index (χ4v) is 2.11. The van der Waals surface area contributed by atoms with E-state index in [0.29, 0.717) is 0 Å². The van der Waals surface area contributed by atoms with Gasteiger partial charge >= 0.3 is 0 Å². The molecule has 0 spiro atoms. The molecule has 0 radical (unpaired) electrons. The topological polar surface area (TPSA) is 66.5 Å². The van der Waals surface area contributed by atoms with Crippen LogP contribution in [0, 0.1) is 0 Å². The maximum absolute atomic E-state index is 4.47. The first-order chi connectivity index (χ1) is 7.42. The van der Waals surface area contributed by atoms with E-state index in [9.17, 15) is 0 Å². The highest BCUT2D eigenvalue weighted by atomic mass is 32.1. The van der Waals surface area contributed by atoms with Gasteiger partial charge in [-0.25, -0.2) is 9.97 Å². The van der Waals surface area contributed by atoms with E-state index in [1.165, 1.54) is 19.2 Å². The van der Waals surface area contributed by atoms with Crippen molar-refractivity contribution in [2.24, 2.45) is 0 Å². The summed E-state index contributed by atoms with van der Waals surface area (Å²) < 4.78 is 0. The van der Waals surface area contributed by atoms with Crippen molar-refractivity contribution < 1.29 is 0 Å². The van der Waals surface area contributed by atoms with Crippen molar-refractivity contribution in [3.8, 4) is 10.8 Å². The predicted molar refractivity (Wildman–Crippen MR) is 57.4 cm³/mol. The molecule has 5 nitrogen and oxygen atoms in total. The number of thiazole rings is 1. The average molecular weight is 221 g/mol. The molecule has 2 N–H and O–H groups in total. The third-order valence-electron chi connectivity index (χ3n) is 2.32. The van der Waals surface area contributed by atoms with Crippen LogP contribution in [0.2, 0.25) is 0 Å². The number of aromatic amines is 1. The molecule has 0 unspecified atom stereocenters. The summed E-state index contributed by atoms with van der Waals surface area (Å²) in [6.07, 6.45) is 4.11. The molecule has 0 bridgehead atoms. The molecule has 1 aliphatic carbocycles. The summed E-state index contributed by atoms with van der Waals surface area (Å²) in [6.45, 7) is 0.856. The molecular weight excluding hydrogens is 210 g/mol. The van der Waals surface area contributed by atoms with Crippen LogP contribution in [0.3, 0.4) is 0 Å². The summed E-state index contributed by atoms with van der Waals surface area (Å²) in [4.78, 5) is 8.54. The Kier molecular flexibility index (Phi) is 2.22. The molecule has 1 saturated carbocycles. The maximum Gasteiger partial charge on any atom is 0.184 e. The van der Waals surface area contributed by atoms with Gasteiger partial charge in [-0.3, -0.25) is 5.10 Å². The minimum absolute atomic E-state index is 0.723. The minimum atomic E-state index is 0.723. The lowest BCUT2D eigenvalue weighted by Crippen LogP contribution is -2.15. The van der Waals surface area contributed by atoms with E-state index in [0.717, 1.165) is 29.1 Å². The monoisotopic (exact) mass is 221 g/mol. The average Bonchev–Trinajstić information content (AvgIpc) is 2.78. The number of H-pyrrole nitrogens is 1. The highest BCUT2D eigenvalue weighted by Crippen LogP contribution is 2.22. The zero-order valence-corrected chi connectivity index (χ0v) is 8.92. The molecule has 0 aromatic carbocycles. The van der Waals surface area contributed by atoms with Gasteiger partial charge in [0, 0.05) is 18.0 Å². The highest BCUT2D eigenvalue weighted by Gasteiger charge is 2.20. The van der Waals surface area contributed by atoms with Crippen LogP contribution in [0.25, 0.3) is 10.8 Å². The Balaban J connectivity index is 1.69. The van der Waals surface area contributed by atoms with Crippen molar-refractivity contribution in [1.82, 2.24) is 25.5 Å². The number of nitrogens with one attached hydrogen (secondary N) is 2. The van der Waals surface area contributed by atoms with Crippen LogP contribution >= 0.6 is 11.3 Å². The van der Waals surface area contributed by atoms with Gasteiger partial charge in [0.05, 0.1) is 5.69 Å². The van der Waals surface area contributed by atoms with Crippen molar-refractivity contribution >= 4 is 11.3 Å². The largest absolute Gasteiger partial charge is 0.308 e. The second kappa shape index (κ2) is 3.71. The molecule has 0 amide bonds. The van der Waals surface area contributed by atoms with Gasteiger partial charge in [0.1, 0.15) is 6.33 Å². The molecule has 0 atom stereocenters. The molecule has 2 aromatic rings. The summed E-state index contributed by atoms with van der Waals surface area (Å²) in [5.41, 5.74) is 1.08. The van der Waals surface area contributed by atoms with Gasteiger partial charge < -0.3 is 5.32 Å². The van der Waals surface area contributed by atoms with Crippen LogP contribution in [0.4, 0.5) is 0 Å². The normalized spacial score (nSPS) is 15.7. The van der Waals surface area contributed by atoms with Gasteiger partial charge in [-0.15, -0.1) is 11.3 Å². The Hall–Kier alpha value is -1.27. The van der Waals surface area contributed by atoms with Crippen molar-refractivity contribution in [2.75, 3.05) is 0 Å². The standard InChI is InChI=1S/C9H11N5S/c1-2-6(1)10-3-7-4-15-9(13-7)8-11-5-12-14-8/h4-6,10H,1-3H2,(H,11,12,14). The Morgan fingerprint density at radius 1 is 1.53 bits per heavy atom. The Bertz CT molecular complexity index is 431. The third kappa shape index (κ3) is 2.05. The second-order valence-corrected chi connectivity index (χ2v) is 4.49. The number of hydrogen-bond acceptors (Lipinski definition) is 5. The first-order valence-electron chi connectivity index (χ1n) is 4.95. The van der Waals surface area contributed by atoms with Gasteiger partial charge in [-0.2, -0.15) is 5.10 Å². The second-order valence-electron chi connectivity index (χ2n) is 3.63. The molecule has 6 heteroatoms. The van der Waals surface area contributed by atoms with Gasteiger partial charge in [-0.1, -0.05) is 0 Å². The van der Waals surface area contributed by atoms with E-state index < -0.39 is 0 Å². The summed E-state index contributed by atoms with van der Waals surface area (Å²) in [5.74, 6) is 0.748. The van der Waals surface area contributed by atoms with Crippen molar-refractivity contribution in [1.29, 1.82) is 0 Å². The third-order valence-corrected chi connectivity index (χ3v) is 3.22. The van der Waals surface area contributed by atoms with Gasteiger partial charge in [-0.05, 0) is 12.8 Å². The van der Waals surface area contributed by atoms with E-state index >= 15 is 0 Å². The van der Waals surface area contributed by atoms with Gasteiger partial charge in [0.25, 0.3) is 0 Å². The van der Waals surface area contributed by atoms with Gasteiger partial charge in [0.2, 0.25) is 0 Å². The Labute approximate surface area is 91.0 Å². The number of aromatic nitrogens is 4. The van der Waals surface area contributed by atoms with E-state index in [4.69, 9.17) is 0 Å². The van der Waals surface area contributed by atoms with Gasteiger partial charge in [0.15, 0.2) is 10.8 Å². The number of rotatable bonds is 4. The summed E-state index contributed by atoms with van der Waals surface area (Å²) in [5, 5.41) is 13.0. The molecule has 0 saturated heterocycles. The van der Waals surface area contributed by atoms with Crippen LogP contribution < -0.4 is 5.32 Å². The predicted octanol–water partition coefficient (Wildman–Crippen LogP) is 1.18. The maximum atomic E-state index is 4.47. The van der Waals surface area contributed by atoms with Crippen molar-refractivity contribution in [3.05, 3.63) is 17.4 Å². The number of nitrogens with zero attached hydrogens (tertiary/aromatic N) is 3. The molecule has 78 valence electrons. The van der Waals surface area contributed by atoms with Crippen molar-refractivity contribution in [3.63, 3.8) is 0 Å². The summed E-state index contributed by atoms with van der Waals surface area (Å²) in [6, 6.07) is 0.723. The smallest absolute Gasteiger partial charge is 0.184 e. The fourth-order valence-electron chi connectivity index (χ4n) is 1.34. The zero-order chi connectivity index (χ0) is 10.1. The zero-order valence-electron chi connectivity index (χ0n) is 8.10. The lowest BCUT2D eigenvalue weighted by Gasteiger charge is -1.96. The Morgan fingerprint density at radius 3 is 3.20 bits per heavy atom. The van der Waals surface area contributed by atoms with Crippen molar-refractivity contribution in [2.45, 2.75) is 25.4 Å². The molecule has 0 aliphatic heterocycles.